The van der Waals surface area contributed by atoms with E-state index in [1.54, 1.807) is 0 Å². The minimum atomic E-state index is 0.762. The zero-order valence-electron chi connectivity index (χ0n) is 6.92. The van der Waals surface area contributed by atoms with Crippen LogP contribution < -0.4 is 5.73 Å². The van der Waals surface area contributed by atoms with E-state index in [9.17, 15) is 0 Å². The van der Waals surface area contributed by atoms with Crippen LogP contribution in [-0.4, -0.2) is 30.6 Å². The van der Waals surface area contributed by atoms with Crippen molar-refractivity contribution in [2.45, 2.75) is 25.3 Å². The second-order valence-electron chi connectivity index (χ2n) is 3.54. The summed E-state index contributed by atoms with van der Waals surface area (Å²) in [6.45, 7) is 3.16. The Morgan fingerprint density at radius 1 is 1.55 bits per heavy atom. The lowest BCUT2D eigenvalue weighted by Crippen LogP contribution is -2.31. The van der Waals surface area contributed by atoms with Crippen LogP contribution >= 0.6 is 0 Å². The molecule has 1 aliphatic heterocycles. The molecule has 0 unspecified atom stereocenters. The number of hydrogen-bond donors (Lipinski definition) is 1. The maximum atomic E-state index is 5.55. The average Bonchev–Trinajstić information content (AvgIpc) is 2.87. The summed E-state index contributed by atoms with van der Waals surface area (Å²) in [5.74, 6) is 0. The standard InChI is InChI=1S/C9H16N2/c10-7-8-3-5-11(6-4-8)9-1-2-9/h3,9H,1-2,4-7,10H2. The summed E-state index contributed by atoms with van der Waals surface area (Å²) in [4.78, 5) is 2.57. The van der Waals surface area contributed by atoms with Gasteiger partial charge in [-0.25, -0.2) is 0 Å². The second kappa shape index (κ2) is 2.95. The van der Waals surface area contributed by atoms with Crippen molar-refractivity contribution in [2.24, 2.45) is 5.73 Å². The zero-order chi connectivity index (χ0) is 7.68. The molecule has 2 heteroatoms. The molecule has 0 radical (unpaired) electrons. The van der Waals surface area contributed by atoms with Gasteiger partial charge in [-0.05, 0) is 19.3 Å². The van der Waals surface area contributed by atoms with Gasteiger partial charge >= 0.3 is 0 Å². The Morgan fingerprint density at radius 2 is 2.36 bits per heavy atom. The van der Waals surface area contributed by atoms with Crippen LogP contribution in [-0.2, 0) is 0 Å². The molecule has 0 aromatic carbocycles. The van der Waals surface area contributed by atoms with E-state index in [0.29, 0.717) is 0 Å². The van der Waals surface area contributed by atoms with E-state index in [2.05, 4.69) is 11.0 Å². The lowest BCUT2D eigenvalue weighted by molar-refractivity contribution is 0.283. The van der Waals surface area contributed by atoms with Crippen LogP contribution in [0.1, 0.15) is 19.3 Å². The molecule has 2 N–H and O–H groups in total. The van der Waals surface area contributed by atoms with Crippen LogP contribution in [0.4, 0.5) is 0 Å². The van der Waals surface area contributed by atoms with E-state index < -0.39 is 0 Å². The SMILES string of the molecule is NCC1=CCN(C2CC2)CC1. The molecule has 2 rings (SSSR count). The molecule has 2 aliphatic rings. The number of hydrogen-bond acceptors (Lipinski definition) is 2. The highest BCUT2D eigenvalue weighted by Crippen LogP contribution is 2.28. The minimum Gasteiger partial charge on any atom is -0.327 e. The summed E-state index contributed by atoms with van der Waals surface area (Å²) in [5, 5.41) is 0. The Labute approximate surface area is 68.1 Å². The first kappa shape index (κ1) is 7.32. The van der Waals surface area contributed by atoms with Gasteiger partial charge in [0.25, 0.3) is 0 Å². The average molecular weight is 152 g/mol. The van der Waals surface area contributed by atoms with E-state index in [-0.39, 0.29) is 0 Å². The third kappa shape index (κ3) is 1.63. The Balaban J connectivity index is 1.87. The van der Waals surface area contributed by atoms with Crippen molar-refractivity contribution in [2.75, 3.05) is 19.6 Å². The quantitative estimate of drug-likeness (QED) is 0.591. The summed E-state index contributed by atoms with van der Waals surface area (Å²) in [7, 11) is 0. The molecule has 0 spiro atoms. The van der Waals surface area contributed by atoms with Crippen LogP contribution in [0.2, 0.25) is 0 Å². The molecule has 62 valence electrons. The van der Waals surface area contributed by atoms with Crippen molar-refractivity contribution >= 4 is 0 Å². The molecule has 0 atom stereocenters. The smallest absolute Gasteiger partial charge is 0.0169 e. The van der Waals surface area contributed by atoms with Crippen molar-refractivity contribution in [3.05, 3.63) is 11.6 Å². The molecular formula is C9H16N2. The number of nitrogens with zero attached hydrogens (tertiary/aromatic N) is 1. The molecule has 0 amide bonds. The van der Waals surface area contributed by atoms with Crippen molar-refractivity contribution in [3.63, 3.8) is 0 Å². The predicted molar refractivity (Wildman–Crippen MR) is 46.3 cm³/mol. The van der Waals surface area contributed by atoms with Gasteiger partial charge in [0.05, 0.1) is 0 Å². The Morgan fingerprint density at radius 3 is 2.82 bits per heavy atom. The maximum Gasteiger partial charge on any atom is 0.0169 e. The third-order valence-corrected chi connectivity index (χ3v) is 2.66. The maximum absolute atomic E-state index is 5.55. The highest BCUT2D eigenvalue weighted by Gasteiger charge is 2.29. The molecule has 0 bridgehead atoms. The molecule has 0 aromatic heterocycles. The van der Waals surface area contributed by atoms with Gasteiger partial charge in [0.1, 0.15) is 0 Å². The zero-order valence-corrected chi connectivity index (χ0v) is 6.92. The molecule has 0 saturated heterocycles. The van der Waals surface area contributed by atoms with Crippen LogP contribution in [0, 0.1) is 0 Å². The number of nitrogens with two attached hydrogens (primary N) is 1. The molecule has 1 saturated carbocycles. The van der Waals surface area contributed by atoms with E-state index in [0.717, 1.165) is 19.1 Å². The van der Waals surface area contributed by atoms with Gasteiger partial charge in [0.2, 0.25) is 0 Å². The van der Waals surface area contributed by atoms with E-state index in [1.807, 2.05) is 0 Å². The van der Waals surface area contributed by atoms with Gasteiger partial charge in [-0.15, -0.1) is 0 Å². The fourth-order valence-electron chi connectivity index (χ4n) is 1.68. The van der Waals surface area contributed by atoms with Crippen molar-refractivity contribution in [3.8, 4) is 0 Å². The normalized spacial score (nSPS) is 26.8. The summed E-state index contributed by atoms with van der Waals surface area (Å²) < 4.78 is 0. The summed E-state index contributed by atoms with van der Waals surface area (Å²) >= 11 is 0. The monoisotopic (exact) mass is 152 g/mol. The summed E-state index contributed by atoms with van der Waals surface area (Å²) in [6.07, 6.45) is 6.35. The van der Waals surface area contributed by atoms with Gasteiger partial charge < -0.3 is 5.73 Å². The summed E-state index contributed by atoms with van der Waals surface area (Å²) in [6, 6.07) is 0.922. The molecule has 1 heterocycles. The van der Waals surface area contributed by atoms with Gasteiger partial charge in [0.15, 0.2) is 0 Å². The lowest BCUT2D eigenvalue weighted by atomic mass is 10.1. The Bertz CT molecular complexity index is 170. The van der Waals surface area contributed by atoms with Crippen LogP contribution in [0.3, 0.4) is 0 Å². The largest absolute Gasteiger partial charge is 0.327 e. The molecule has 1 aliphatic carbocycles. The highest BCUT2D eigenvalue weighted by molar-refractivity contribution is 5.09. The predicted octanol–water partition coefficient (Wildman–Crippen LogP) is 0.740. The van der Waals surface area contributed by atoms with Crippen molar-refractivity contribution in [1.82, 2.24) is 4.90 Å². The van der Waals surface area contributed by atoms with Gasteiger partial charge in [-0.1, -0.05) is 11.6 Å². The highest BCUT2D eigenvalue weighted by atomic mass is 15.2. The first-order valence-corrected chi connectivity index (χ1v) is 4.52. The Kier molecular flexibility index (Phi) is 1.96. The second-order valence-corrected chi connectivity index (χ2v) is 3.54. The van der Waals surface area contributed by atoms with Gasteiger partial charge in [-0.3, -0.25) is 4.90 Å². The lowest BCUT2D eigenvalue weighted by Gasteiger charge is -2.25. The Hall–Kier alpha value is -0.340. The molecule has 11 heavy (non-hydrogen) atoms. The van der Waals surface area contributed by atoms with Crippen LogP contribution in [0.25, 0.3) is 0 Å². The fourth-order valence-corrected chi connectivity index (χ4v) is 1.68. The fraction of sp³-hybridized carbons (Fsp3) is 0.778. The van der Waals surface area contributed by atoms with E-state index in [4.69, 9.17) is 5.73 Å². The molecule has 0 aromatic rings. The molecular weight excluding hydrogens is 136 g/mol. The molecule has 1 fully saturated rings. The van der Waals surface area contributed by atoms with E-state index in [1.165, 1.54) is 31.4 Å². The first-order chi connectivity index (χ1) is 5.40. The minimum absolute atomic E-state index is 0.762. The van der Waals surface area contributed by atoms with Gasteiger partial charge in [-0.2, -0.15) is 0 Å². The van der Waals surface area contributed by atoms with Crippen molar-refractivity contribution < 1.29 is 0 Å². The first-order valence-electron chi connectivity index (χ1n) is 4.52. The van der Waals surface area contributed by atoms with Crippen LogP contribution in [0.15, 0.2) is 11.6 Å². The molecule has 2 nitrogen and oxygen atoms in total. The van der Waals surface area contributed by atoms with Gasteiger partial charge in [0, 0.05) is 25.7 Å². The topological polar surface area (TPSA) is 29.3 Å². The van der Waals surface area contributed by atoms with E-state index >= 15 is 0 Å². The van der Waals surface area contributed by atoms with Crippen LogP contribution in [0.5, 0.6) is 0 Å². The van der Waals surface area contributed by atoms with Crippen molar-refractivity contribution in [1.29, 1.82) is 0 Å². The number of rotatable bonds is 2. The third-order valence-electron chi connectivity index (χ3n) is 2.66. The summed E-state index contributed by atoms with van der Waals surface area (Å²) in [5.41, 5.74) is 7.00.